The zero-order valence-electron chi connectivity index (χ0n) is 13.0. The second-order valence-corrected chi connectivity index (χ2v) is 5.91. The molecule has 0 amide bonds. The Morgan fingerprint density at radius 3 is 2.00 bits per heavy atom. The summed E-state index contributed by atoms with van der Waals surface area (Å²) in [5.41, 5.74) is 2.63. The number of hydrogen-bond donors (Lipinski definition) is 3. The number of carboxylic acids is 1. The van der Waals surface area contributed by atoms with Crippen molar-refractivity contribution < 1.29 is 24.9 Å². The maximum atomic E-state index is 11.3. The molecule has 5 heteroatoms. The summed E-state index contributed by atoms with van der Waals surface area (Å²) in [7, 11) is 0. The van der Waals surface area contributed by atoms with Crippen LogP contribution in [0.4, 0.5) is 0 Å². The fourth-order valence-corrected chi connectivity index (χ4v) is 3.20. The molecule has 0 aromatic heterocycles. The van der Waals surface area contributed by atoms with E-state index in [1.54, 1.807) is 42.5 Å². The fourth-order valence-electron chi connectivity index (χ4n) is 3.20. The lowest BCUT2D eigenvalue weighted by atomic mass is 9.82. The Balaban J connectivity index is 1.95. The number of aromatic hydroxyl groups is 2. The molecule has 25 heavy (non-hydrogen) atoms. The van der Waals surface area contributed by atoms with Gasteiger partial charge in [0.15, 0.2) is 0 Å². The number of benzene rings is 3. The molecule has 1 aliphatic heterocycles. The van der Waals surface area contributed by atoms with Gasteiger partial charge in [-0.2, -0.15) is 0 Å². The molecule has 4 rings (SSSR count). The van der Waals surface area contributed by atoms with Crippen LogP contribution in [0.1, 0.15) is 33.0 Å². The molecule has 1 heterocycles. The van der Waals surface area contributed by atoms with Crippen LogP contribution < -0.4 is 4.74 Å². The zero-order chi connectivity index (χ0) is 17.6. The summed E-state index contributed by atoms with van der Waals surface area (Å²) in [6.07, 6.45) is 0. The first-order valence-electron chi connectivity index (χ1n) is 7.70. The summed E-state index contributed by atoms with van der Waals surface area (Å²) in [4.78, 5) is 11.3. The monoisotopic (exact) mass is 334 g/mol. The van der Waals surface area contributed by atoms with Gasteiger partial charge in [-0.3, -0.25) is 0 Å². The van der Waals surface area contributed by atoms with Gasteiger partial charge in [0, 0.05) is 29.2 Å². The summed E-state index contributed by atoms with van der Waals surface area (Å²) >= 11 is 0. The molecule has 1 aliphatic rings. The van der Waals surface area contributed by atoms with E-state index in [-0.39, 0.29) is 23.0 Å². The number of rotatable bonds is 2. The number of phenolic OH excluding ortho intramolecular Hbond substituents is 2. The first-order chi connectivity index (χ1) is 12.0. The van der Waals surface area contributed by atoms with Crippen LogP contribution in [-0.4, -0.2) is 21.3 Å². The van der Waals surface area contributed by atoms with E-state index < -0.39 is 5.97 Å². The number of aromatic carboxylic acids is 1. The van der Waals surface area contributed by atoms with Crippen LogP contribution in [0, 0.1) is 0 Å². The summed E-state index contributed by atoms with van der Waals surface area (Å²) in [5.74, 6) is -0.168. The van der Waals surface area contributed by atoms with E-state index in [1.807, 2.05) is 6.07 Å². The Labute approximate surface area is 143 Å². The number of carboxylic acid groups (broad SMARTS) is 1. The second kappa shape index (κ2) is 5.56. The molecule has 0 atom stereocenters. The number of fused-ring (bicyclic) bond motifs is 2. The molecular formula is C20H14O5. The third kappa shape index (κ3) is 2.55. The van der Waals surface area contributed by atoms with Crippen LogP contribution in [0.15, 0.2) is 60.7 Å². The first-order valence-corrected chi connectivity index (χ1v) is 7.70. The number of ether oxygens (including phenoxy) is 1. The molecule has 0 bridgehead atoms. The molecule has 0 saturated heterocycles. The van der Waals surface area contributed by atoms with Gasteiger partial charge >= 0.3 is 5.97 Å². The van der Waals surface area contributed by atoms with Gasteiger partial charge in [-0.25, -0.2) is 4.79 Å². The lowest BCUT2D eigenvalue weighted by molar-refractivity contribution is 0.0696. The van der Waals surface area contributed by atoms with Gasteiger partial charge in [-0.1, -0.05) is 24.3 Å². The van der Waals surface area contributed by atoms with Crippen molar-refractivity contribution in [2.45, 2.75) is 5.92 Å². The van der Waals surface area contributed by atoms with E-state index in [2.05, 4.69) is 0 Å². The van der Waals surface area contributed by atoms with Crippen molar-refractivity contribution in [1.29, 1.82) is 0 Å². The van der Waals surface area contributed by atoms with Crippen molar-refractivity contribution in [2.24, 2.45) is 0 Å². The van der Waals surface area contributed by atoms with Gasteiger partial charge < -0.3 is 20.1 Å². The quantitative estimate of drug-likeness (QED) is 0.514. The molecule has 124 valence electrons. The number of phenols is 2. The summed E-state index contributed by atoms with van der Waals surface area (Å²) in [6.45, 7) is 0. The van der Waals surface area contributed by atoms with Crippen LogP contribution in [0.5, 0.6) is 23.0 Å². The van der Waals surface area contributed by atoms with E-state index in [0.29, 0.717) is 11.5 Å². The molecule has 0 radical (unpaired) electrons. The van der Waals surface area contributed by atoms with Crippen molar-refractivity contribution in [3.63, 3.8) is 0 Å². The zero-order valence-corrected chi connectivity index (χ0v) is 13.0. The van der Waals surface area contributed by atoms with Crippen LogP contribution in [0.2, 0.25) is 0 Å². The minimum Gasteiger partial charge on any atom is -0.508 e. The molecule has 3 aromatic rings. The Morgan fingerprint density at radius 2 is 1.44 bits per heavy atom. The van der Waals surface area contributed by atoms with Crippen molar-refractivity contribution in [2.75, 3.05) is 0 Å². The highest BCUT2D eigenvalue weighted by atomic mass is 16.5. The molecule has 0 fully saturated rings. The molecule has 5 nitrogen and oxygen atoms in total. The standard InChI is InChI=1S/C20H14O5/c21-13-4-6-15-17(9-13)25-18-10-14(22)5-7-16(18)19(15)11-2-1-3-12(8-11)20(23)24/h1-10,19,21-22H,(H,23,24). The minimum absolute atomic E-state index is 0.0698. The smallest absolute Gasteiger partial charge is 0.335 e. The molecule has 0 unspecified atom stereocenters. The maximum absolute atomic E-state index is 11.3. The first kappa shape index (κ1) is 15.1. The van der Waals surface area contributed by atoms with Gasteiger partial charge in [-0.15, -0.1) is 0 Å². The largest absolute Gasteiger partial charge is 0.508 e. The molecule has 0 spiro atoms. The third-order valence-electron chi connectivity index (χ3n) is 4.30. The van der Waals surface area contributed by atoms with Crippen LogP contribution in [0.3, 0.4) is 0 Å². The third-order valence-corrected chi connectivity index (χ3v) is 4.30. The van der Waals surface area contributed by atoms with Crippen LogP contribution in [0.25, 0.3) is 0 Å². The number of carbonyl (C=O) groups is 1. The molecule has 0 aliphatic carbocycles. The average Bonchev–Trinajstić information content (AvgIpc) is 2.59. The second-order valence-electron chi connectivity index (χ2n) is 5.91. The van der Waals surface area contributed by atoms with Crippen molar-refractivity contribution >= 4 is 5.97 Å². The van der Waals surface area contributed by atoms with Gasteiger partial charge in [-0.05, 0) is 29.8 Å². The highest BCUT2D eigenvalue weighted by Gasteiger charge is 2.29. The van der Waals surface area contributed by atoms with Crippen molar-refractivity contribution in [1.82, 2.24) is 0 Å². The van der Waals surface area contributed by atoms with E-state index in [1.165, 1.54) is 12.1 Å². The van der Waals surface area contributed by atoms with Crippen molar-refractivity contribution in [3.05, 3.63) is 82.9 Å². The van der Waals surface area contributed by atoms with Gasteiger partial charge in [0.2, 0.25) is 0 Å². The summed E-state index contributed by atoms with van der Waals surface area (Å²) < 4.78 is 5.83. The lowest BCUT2D eigenvalue weighted by Crippen LogP contribution is -2.12. The molecule has 3 aromatic carbocycles. The van der Waals surface area contributed by atoms with E-state index >= 15 is 0 Å². The van der Waals surface area contributed by atoms with Crippen LogP contribution >= 0.6 is 0 Å². The van der Waals surface area contributed by atoms with Gasteiger partial charge in [0.25, 0.3) is 0 Å². The van der Waals surface area contributed by atoms with Gasteiger partial charge in [0.1, 0.15) is 23.0 Å². The van der Waals surface area contributed by atoms with E-state index in [4.69, 9.17) is 4.74 Å². The maximum Gasteiger partial charge on any atom is 0.335 e. The van der Waals surface area contributed by atoms with Gasteiger partial charge in [0.05, 0.1) is 5.56 Å². The number of hydrogen-bond acceptors (Lipinski definition) is 4. The molecular weight excluding hydrogens is 320 g/mol. The Kier molecular flexibility index (Phi) is 3.35. The Morgan fingerprint density at radius 1 is 0.840 bits per heavy atom. The normalized spacial score (nSPS) is 12.8. The highest BCUT2D eigenvalue weighted by molar-refractivity contribution is 5.88. The van der Waals surface area contributed by atoms with E-state index in [0.717, 1.165) is 16.7 Å². The van der Waals surface area contributed by atoms with E-state index in [9.17, 15) is 20.1 Å². The topological polar surface area (TPSA) is 87.0 Å². The minimum atomic E-state index is -0.995. The van der Waals surface area contributed by atoms with Crippen LogP contribution in [-0.2, 0) is 0 Å². The predicted molar refractivity (Wildman–Crippen MR) is 90.6 cm³/mol. The summed E-state index contributed by atoms with van der Waals surface area (Å²) in [5, 5.41) is 28.8. The average molecular weight is 334 g/mol. The Hall–Kier alpha value is -3.47. The molecule has 0 saturated carbocycles. The predicted octanol–water partition coefficient (Wildman–Crippen LogP) is 4.08. The highest BCUT2D eigenvalue weighted by Crippen LogP contribution is 2.49. The van der Waals surface area contributed by atoms with Crippen molar-refractivity contribution in [3.8, 4) is 23.0 Å². The molecule has 3 N–H and O–H groups in total. The Bertz CT molecular complexity index is 942. The fraction of sp³-hybridized carbons (Fsp3) is 0.0500. The SMILES string of the molecule is O=C(O)c1cccc(C2c3ccc(O)cc3Oc3cc(O)ccc32)c1. The lowest BCUT2D eigenvalue weighted by Gasteiger charge is -2.29. The summed E-state index contributed by atoms with van der Waals surface area (Å²) in [6, 6.07) is 16.4.